The van der Waals surface area contributed by atoms with Crippen LogP contribution in [0.15, 0.2) is 52.4 Å². The highest BCUT2D eigenvalue weighted by molar-refractivity contribution is 8.18. The lowest BCUT2D eigenvalue weighted by Crippen LogP contribution is -2.45. The van der Waals surface area contributed by atoms with Crippen LogP contribution in [0.4, 0.5) is 11.4 Å². The smallest absolute Gasteiger partial charge is 0.266 e. The van der Waals surface area contributed by atoms with Gasteiger partial charge in [-0.3, -0.25) is 9.69 Å². The summed E-state index contributed by atoms with van der Waals surface area (Å²) in [4.78, 5) is 23.1. The number of aryl methyl sites for hydroxylation is 1. The number of hydrogen-bond acceptors (Lipinski definition) is 6. The van der Waals surface area contributed by atoms with E-state index < -0.39 is 0 Å². The number of aliphatic imine (C=N–C) groups is 1. The van der Waals surface area contributed by atoms with E-state index >= 15 is 0 Å². The molecule has 0 saturated carbocycles. The van der Waals surface area contributed by atoms with Crippen molar-refractivity contribution in [2.45, 2.75) is 46.6 Å². The minimum Gasteiger partial charge on any atom is -0.497 e. The lowest BCUT2D eigenvalue weighted by atomic mass is 9.86. The Bertz CT molecular complexity index is 1260. The van der Waals surface area contributed by atoms with E-state index in [1.165, 1.54) is 28.6 Å². The number of rotatable bonds is 8. The molecule has 0 spiro atoms. The maximum absolute atomic E-state index is 13.5. The summed E-state index contributed by atoms with van der Waals surface area (Å²) in [7, 11) is 3.28. The van der Waals surface area contributed by atoms with Gasteiger partial charge in [0.15, 0.2) is 5.17 Å². The number of benzene rings is 2. The molecule has 0 N–H and O–H groups in total. The van der Waals surface area contributed by atoms with Crippen LogP contribution in [0, 0.1) is 6.92 Å². The number of thioether (sulfide) groups is 1. The van der Waals surface area contributed by atoms with Crippen molar-refractivity contribution < 1.29 is 14.3 Å². The Morgan fingerprint density at radius 1 is 1.08 bits per heavy atom. The number of carbonyl (C=O) groups is 1. The first-order valence-corrected chi connectivity index (χ1v) is 13.6. The minimum absolute atomic E-state index is 0.0363. The fourth-order valence-corrected chi connectivity index (χ4v) is 5.93. The zero-order chi connectivity index (χ0) is 26.7. The van der Waals surface area contributed by atoms with Gasteiger partial charge in [-0.15, -0.1) is 0 Å². The van der Waals surface area contributed by atoms with Crippen LogP contribution < -0.4 is 9.64 Å². The van der Waals surface area contributed by atoms with E-state index in [0.29, 0.717) is 23.2 Å². The molecule has 0 unspecified atom stereocenters. The van der Waals surface area contributed by atoms with Crippen LogP contribution in [0.1, 0.15) is 50.8 Å². The molecule has 7 heteroatoms. The first-order chi connectivity index (χ1) is 17.7. The monoisotopic (exact) mass is 519 g/mol. The standard InChI is InChI=1S/C30H37N3O3S/c1-8-13-33-26-16-20(2)22(17-25(26)21(3)19-30(33,4)5)18-27-28(34)32(14-15-35-6)29(37-27)31-23-9-11-24(36-7)12-10-23/h9-12,16-19H,8,13-15H2,1-7H3/b27-18+,31-29?. The molecule has 1 amide bonds. The van der Waals surface area contributed by atoms with Crippen molar-refractivity contribution in [1.82, 2.24) is 4.90 Å². The van der Waals surface area contributed by atoms with Gasteiger partial charge in [0.25, 0.3) is 5.91 Å². The predicted octanol–water partition coefficient (Wildman–Crippen LogP) is 6.67. The van der Waals surface area contributed by atoms with Gasteiger partial charge in [-0.2, -0.15) is 0 Å². The van der Waals surface area contributed by atoms with Crippen molar-refractivity contribution in [3.8, 4) is 5.75 Å². The SMILES string of the molecule is CCCN1c2cc(C)c(/C=C3/SC(=Nc4ccc(OC)cc4)N(CCOC)C3=O)cc2C(C)=CC1(C)C. The largest absolute Gasteiger partial charge is 0.497 e. The lowest BCUT2D eigenvalue weighted by Gasteiger charge is -2.43. The van der Waals surface area contributed by atoms with Gasteiger partial charge < -0.3 is 14.4 Å². The quantitative estimate of drug-likeness (QED) is 0.365. The van der Waals surface area contributed by atoms with E-state index in [0.717, 1.165) is 35.5 Å². The molecule has 2 aliphatic rings. The molecule has 1 fully saturated rings. The van der Waals surface area contributed by atoms with Gasteiger partial charge in [-0.1, -0.05) is 13.0 Å². The number of hydrogen-bond donors (Lipinski definition) is 0. The molecule has 2 heterocycles. The van der Waals surface area contributed by atoms with Gasteiger partial charge in [0, 0.05) is 24.9 Å². The highest BCUT2D eigenvalue weighted by Gasteiger charge is 2.34. The van der Waals surface area contributed by atoms with Crippen LogP contribution in [-0.4, -0.2) is 55.4 Å². The molecule has 0 radical (unpaired) electrons. The van der Waals surface area contributed by atoms with Crippen LogP contribution in [0.3, 0.4) is 0 Å². The third-order valence-corrected chi connectivity index (χ3v) is 7.81. The second-order valence-corrected chi connectivity index (χ2v) is 11.0. The van der Waals surface area contributed by atoms with E-state index in [1.54, 1.807) is 19.1 Å². The van der Waals surface area contributed by atoms with Crippen LogP contribution >= 0.6 is 11.8 Å². The molecule has 37 heavy (non-hydrogen) atoms. The van der Waals surface area contributed by atoms with Gasteiger partial charge in [0.2, 0.25) is 0 Å². The Morgan fingerprint density at radius 3 is 2.46 bits per heavy atom. The summed E-state index contributed by atoms with van der Waals surface area (Å²) in [5.41, 5.74) is 6.69. The molecule has 0 atom stereocenters. The van der Waals surface area contributed by atoms with E-state index in [-0.39, 0.29) is 11.4 Å². The molecule has 6 nitrogen and oxygen atoms in total. The molecule has 4 rings (SSSR count). The van der Waals surface area contributed by atoms with E-state index in [1.807, 2.05) is 30.3 Å². The Balaban J connectivity index is 1.71. The van der Waals surface area contributed by atoms with Gasteiger partial charge in [-0.25, -0.2) is 4.99 Å². The van der Waals surface area contributed by atoms with Gasteiger partial charge in [0.05, 0.1) is 36.4 Å². The second kappa shape index (κ2) is 11.2. The number of carbonyl (C=O) groups excluding carboxylic acids is 1. The van der Waals surface area contributed by atoms with Crippen molar-refractivity contribution in [3.05, 3.63) is 64.1 Å². The molecule has 0 aromatic heterocycles. The van der Waals surface area contributed by atoms with Crippen molar-refractivity contribution in [2.75, 3.05) is 38.8 Å². The third-order valence-electron chi connectivity index (χ3n) is 6.80. The Kier molecular flexibility index (Phi) is 8.14. The predicted molar refractivity (Wildman–Crippen MR) is 156 cm³/mol. The van der Waals surface area contributed by atoms with E-state index in [4.69, 9.17) is 14.5 Å². The Labute approximate surface area is 225 Å². The van der Waals surface area contributed by atoms with Crippen molar-refractivity contribution in [3.63, 3.8) is 0 Å². The summed E-state index contributed by atoms with van der Waals surface area (Å²) in [5, 5.41) is 0.654. The molecule has 0 bridgehead atoms. The van der Waals surface area contributed by atoms with E-state index in [2.05, 4.69) is 57.7 Å². The normalized spacial score (nSPS) is 19.0. The number of methoxy groups -OCH3 is 2. The summed E-state index contributed by atoms with van der Waals surface area (Å²) in [6, 6.07) is 12.0. The summed E-state index contributed by atoms with van der Waals surface area (Å²) in [5.74, 6) is 0.719. The summed E-state index contributed by atoms with van der Waals surface area (Å²) < 4.78 is 10.5. The van der Waals surface area contributed by atoms with Crippen LogP contribution in [-0.2, 0) is 9.53 Å². The van der Waals surface area contributed by atoms with Crippen LogP contribution in [0.25, 0.3) is 11.6 Å². The number of amides is 1. The molecule has 2 aliphatic heterocycles. The van der Waals surface area contributed by atoms with Gasteiger partial charge >= 0.3 is 0 Å². The zero-order valence-electron chi connectivity index (χ0n) is 22.9. The first kappa shape index (κ1) is 27.0. The van der Waals surface area contributed by atoms with Gasteiger partial charge in [-0.05, 0) is 105 Å². The molecule has 1 saturated heterocycles. The average Bonchev–Trinajstić information content (AvgIpc) is 3.15. The van der Waals surface area contributed by atoms with Crippen molar-refractivity contribution in [1.29, 1.82) is 0 Å². The van der Waals surface area contributed by atoms with Crippen molar-refractivity contribution >= 4 is 45.9 Å². The number of ether oxygens (including phenoxy) is 2. The lowest BCUT2D eigenvalue weighted by molar-refractivity contribution is -0.122. The summed E-state index contributed by atoms with van der Waals surface area (Å²) >= 11 is 1.41. The molecule has 196 valence electrons. The highest BCUT2D eigenvalue weighted by Crippen LogP contribution is 2.42. The first-order valence-electron chi connectivity index (χ1n) is 12.7. The topological polar surface area (TPSA) is 54.4 Å². The Morgan fingerprint density at radius 2 is 1.81 bits per heavy atom. The summed E-state index contributed by atoms with van der Waals surface area (Å²) in [6.07, 6.45) is 5.44. The van der Waals surface area contributed by atoms with Gasteiger partial charge in [0.1, 0.15) is 5.75 Å². The van der Waals surface area contributed by atoms with E-state index in [9.17, 15) is 4.79 Å². The fraction of sp³-hybridized carbons (Fsp3) is 0.400. The zero-order valence-corrected chi connectivity index (χ0v) is 23.7. The van der Waals surface area contributed by atoms with Crippen LogP contribution in [0.2, 0.25) is 0 Å². The number of fused-ring (bicyclic) bond motifs is 1. The maximum Gasteiger partial charge on any atom is 0.266 e. The maximum atomic E-state index is 13.5. The number of amidine groups is 1. The minimum atomic E-state index is -0.0487. The second-order valence-electron chi connectivity index (χ2n) is 10.0. The molecule has 2 aromatic carbocycles. The molecule has 0 aliphatic carbocycles. The Hall–Kier alpha value is -3.03. The average molecular weight is 520 g/mol. The molecular formula is C30H37N3O3S. The molecular weight excluding hydrogens is 482 g/mol. The van der Waals surface area contributed by atoms with Crippen LogP contribution in [0.5, 0.6) is 5.75 Å². The number of anilines is 1. The summed E-state index contributed by atoms with van der Waals surface area (Å²) in [6.45, 7) is 12.9. The fourth-order valence-electron chi connectivity index (χ4n) is 4.91. The number of allylic oxidation sites excluding steroid dienone is 1. The van der Waals surface area contributed by atoms with Crippen molar-refractivity contribution in [2.24, 2.45) is 4.99 Å². The highest BCUT2D eigenvalue weighted by atomic mass is 32.2. The number of nitrogens with zero attached hydrogens (tertiary/aromatic N) is 3. The molecule has 2 aromatic rings. The third kappa shape index (κ3) is 5.63.